The van der Waals surface area contributed by atoms with Crippen LogP contribution < -0.4 is 4.90 Å². The molecule has 19 heavy (non-hydrogen) atoms. The van der Waals surface area contributed by atoms with Crippen LogP contribution in [0.15, 0.2) is 42.6 Å². The summed E-state index contributed by atoms with van der Waals surface area (Å²) in [6, 6.07) is 9.71. The zero-order valence-electron chi connectivity index (χ0n) is 11.4. The summed E-state index contributed by atoms with van der Waals surface area (Å²) in [7, 11) is 0. The summed E-state index contributed by atoms with van der Waals surface area (Å²) in [4.78, 5) is 13.4. The van der Waals surface area contributed by atoms with E-state index in [-0.39, 0.29) is 5.91 Å². The van der Waals surface area contributed by atoms with E-state index in [1.54, 1.807) is 11.8 Å². The number of anilines is 1. The van der Waals surface area contributed by atoms with E-state index in [2.05, 4.69) is 11.5 Å². The first-order valence-electron chi connectivity index (χ1n) is 6.50. The number of hydrogen-bond donors (Lipinski definition) is 0. The molecule has 0 aromatic heterocycles. The molecule has 1 aromatic rings. The molecule has 1 aliphatic heterocycles. The molecule has 0 saturated heterocycles. The van der Waals surface area contributed by atoms with Gasteiger partial charge in [-0.05, 0) is 19.1 Å². The van der Waals surface area contributed by atoms with E-state index in [4.69, 9.17) is 0 Å². The molecule has 4 heteroatoms. The highest BCUT2D eigenvalue weighted by Crippen LogP contribution is 2.16. The lowest BCUT2D eigenvalue weighted by Gasteiger charge is -2.15. The normalized spacial score (nSPS) is 15.3. The Kier molecular flexibility index (Phi) is 4.80. The van der Waals surface area contributed by atoms with Crippen molar-refractivity contribution in [3.8, 4) is 0 Å². The van der Waals surface area contributed by atoms with Crippen molar-refractivity contribution in [2.24, 2.45) is 0 Å². The molecule has 0 aliphatic carbocycles. The van der Waals surface area contributed by atoms with Crippen LogP contribution in [0.2, 0.25) is 0 Å². The van der Waals surface area contributed by atoms with Gasteiger partial charge in [0.25, 0.3) is 0 Å². The van der Waals surface area contributed by atoms with E-state index in [0.29, 0.717) is 0 Å². The predicted octanol–water partition coefficient (Wildman–Crippen LogP) is 2.73. The number of rotatable bonds is 4. The zero-order chi connectivity index (χ0) is 13.7. The van der Waals surface area contributed by atoms with Crippen LogP contribution in [0.1, 0.15) is 13.8 Å². The molecule has 0 N–H and O–H groups in total. The van der Waals surface area contributed by atoms with Crippen molar-refractivity contribution in [1.29, 1.82) is 0 Å². The van der Waals surface area contributed by atoms with Crippen LogP contribution in [0, 0.1) is 0 Å². The Labute approximate surface area is 118 Å². The van der Waals surface area contributed by atoms with Crippen molar-refractivity contribution in [2.75, 3.05) is 23.7 Å². The Balaban J connectivity index is 2.21. The van der Waals surface area contributed by atoms with Crippen LogP contribution >= 0.6 is 11.8 Å². The van der Waals surface area contributed by atoms with Crippen LogP contribution in [0.25, 0.3) is 0 Å². The fourth-order valence-corrected chi connectivity index (χ4v) is 3.11. The molecule has 2 rings (SSSR count). The standard InChI is InChI=1S/C15H19N2OS/c1-3-16-11-12-19-15(16)9-10-17(13(2)18)14-7-5-4-6-8-14/h4-10H,3,11-12H2,1-2H3/q+1. The lowest BCUT2D eigenvalue weighted by atomic mass is 10.3. The summed E-state index contributed by atoms with van der Waals surface area (Å²) in [5.41, 5.74) is 0.901. The van der Waals surface area contributed by atoms with Crippen LogP contribution in [0.3, 0.4) is 0 Å². The third-order valence-electron chi connectivity index (χ3n) is 3.04. The first-order valence-corrected chi connectivity index (χ1v) is 7.48. The summed E-state index contributed by atoms with van der Waals surface area (Å²) in [6.07, 6.45) is 3.91. The van der Waals surface area contributed by atoms with Crippen LogP contribution in [-0.4, -0.2) is 34.4 Å². The molecule has 0 radical (unpaired) electrons. The third-order valence-corrected chi connectivity index (χ3v) is 4.12. The number of carbonyl (C=O) groups is 1. The molecule has 1 aliphatic rings. The van der Waals surface area contributed by atoms with Crippen LogP contribution in [0.5, 0.6) is 0 Å². The zero-order valence-corrected chi connectivity index (χ0v) is 12.2. The monoisotopic (exact) mass is 275 g/mol. The number of para-hydroxylation sites is 1. The number of carbonyl (C=O) groups excluding carboxylic acids is 1. The molecule has 1 aromatic carbocycles. The highest BCUT2D eigenvalue weighted by Gasteiger charge is 2.19. The lowest BCUT2D eigenvalue weighted by molar-refractivity contribution is -0.513. The largest absolute Gasteiger partial charge is 0.288 e. The van der Waals surface area contributed by atoms with Crippen LogP contribution in [-0.2, 0) is 4.79 Å². The Hall–Kier alpha value is -1.55. The maximum absolute atomic E-state index is 11.7. The second-order valence-corrected chi connectivity index (χ2v) is 5.42. The molecule has 0 saturated carbocycles. The van der Waals surface area contributed by atoms with Crippen molar-refractivity contribution >= 4 is 28.4 Å². The molecule has 0 spiro atoms. The smallest absolute Gasteiger partial charge is 0.236 e. The number of nitrogens with zero attached hydrogens (tertiary/aromatic N) is 2. The molecule has 100 valence electrons. The minimum Gasteiger partial charge on any atom is -0.288 e. The van der Waals surface area contributed by atoms with E-state index in [9.17, 15) is 4.79 Å². The summed E-state index contributed by atoms with van der Waals surface area (Å²) in [6.45, 7) is 5.84. The van der Waals surface area contributed by atoms with Gasteiger partial charge in [-0.2, -0.15) is 0 Å². The van der Waals surface area contributed by atoms with Crippen molar-refractivity contribution in [3.05, 3.63) is 42.6 Å². The van der Waals surface area contributed by atoms with Crippen molar-refractivity contribution < 1.29 is 9.37 Å². The molecule has 0 bridgehead atoms. The molecular formula is C15H19N2OS+. The fraction of sp³-hybridized carbons (Fsp3) is 0.333. The van der Waals surface area contributed by atoms with E-state index in [1.165, 1.54) is 5.04 Å². The van der Waals surface area contributed by atoms with Gasteiger partial charge in [-0.3, -0.25) is 9.69 Å². The predicted molar refractivity (Wildman–Crippen MR) is 81.9 cm³/mol. The Bertz CT molecular complexity index is 508. The first-order chi connectivity index (χ1) is 9.22. The SMILES string of the molecule is CC[N+]1=C(C=CN(C(C)=O)c2ccccc2)SCC1. The van der Waals surface area contributed by atoms with Gasteiger partial charge in [0.15, 0.2) is 6.54 Å². The van der Waals surface area contributed by atoms with Gasteiger partial charge >= 0.3 is 0 Å². The Morgan fingerprint density at radius 2 is 2.16 bits per heavy atom. The Morgan fingerprint density at radius 3 is 2.79 bits per heavy atom. The molecule has 0 fully saturated rings. The molecular weight excluding hydrogens is 256 g/mol. The number of benzene rings is 1. The van der Waals surface area contributed by atoms with Crippen molar-refractivity contribution in [2.45, 2.75) is 13.8 Å². The number of amides is 1. The minimum atomic E-state index is 0.0223. The highest BCUT2D eigenvalue weighted by molar-refractivity contribution is 8.14. The topological polar surface area (TPSA) is 23.3 Å². The van der Waals surface area contributed by atoms with Gasteiger partial charge in [-0.15, -0.1) is 0 Å². The maximum Gasteiger partial charge on any atom is 0.236 e. The summed E-state index contributed by atoms with van der Waals surface area (Å²) >= 11 is 1.84. The van der Waals surface area contributed by atoms with E-state index in [0.717, 1.165) is 24.5 Å². The van der Waals surface area contributed by atoms with Gasteiger partial charge < -0.3 is 0 Å². The van der Waals surface area contributed by atoms with E-state index >= 15 is 0 Å². The van der Waals surface area contributed by atoms with Crippen LogP contribution in [0.4, 0.5) is 5.69 Å². The van der Waals surface area contributed by atoms with Crippen molar-refractivity contribution in [1.82, 2.24) is 0 Å². The van der Waals surface area contributed by atoms with Gasteiger partial charge in [0, 0.05) is 24.9 Å². The van der Waals surface area contributed by atoms with Gasteiger partial charge in [0.1, 0.15) is 6.54 Å². The van der Waals surface area contributed by atoms with Gasteiger partial charge in [0.2, 0.25) is 11.0 Å². The second kappa shape index (κ2) is 6.57. The van der Waals surface area contributed by atoms with E-state index in [1.807, 2.05) is 54.4 Å². The summed E-state index contributed by atoms with van der Waals surface area (Å²) in [5, 5.41) is 1.24. The minimum absolute atomic E-state index is 0.0223. The van der Waals surface area contributed by atoms with Gasteiger partial charge in [-0.25, -0.2) is 4.58 Å². The Morgan fingerprint density at radius 1 is 1.42 bits per heavy atom. The van der Waals surface area contributed by atoms with E-state index < -0.39 is 0 Å². The third kappa shape index (κ3) is 3.47. The lowest BCUT2D eigenvalue weighted by Crippen LogP contribution is -2.22. The summed E-state index contributed by atoms with van der Waals surface area (Å²) in [5.74, 6) is 1.15. The average Bonchev–Trinajstić information content (AvgIpc) is 2.87. The summed E-state index contributed by atoms with van der Waals surface area (Å²) < 4.78 is 2.32. The average molecular weight is 275 g/mol. The highest BCUT2D eigenvalue weighted by atomic mass is 32.2. The molecule has 3 nitrogen and oxygen atoms in total. The fourth-order valence-electron chi connectivity index (χ4n) is 2.03. The number of hydrogen-bond acceptors (Lipinski definition) is 2. The quantitative estimate of drug-likeness (QED) is 0.789. The molecule has 0 atom stereocenters. The van der Waals surface area contributed by atoms with Gasteiger partial charge in [0.05, 0.1) is 5.75 Å². The molecule has 1 amide bonds. The molecule has 1 heterocycles. The van der Waals surface area contributed by atoms with Gasteiger partial charge in [-0.1, -0.05) is 30.0 Å². The second-order valence-electron chi connectivity index (χ2n) is 4.31. The maximum atomic E-state index is 11.7. The van der Waals surface area contributed by atoms with Crippen molar-refractivity contribution in [3.63, 3.8) is 0 Å². The molecule has 0 unspecified atom stereocenters. The first kappa shape index (κ1) is 13.9. The number of thioether (sulfide) groups is 1.